The zero-order valence-electron chi connectivity index (χ0n) is 11.5. The van der Waals surface area contributed by atoms with Crippen LogP contribution in [0, 0.1) is 0 Å². The number of likely N-dealkylation sites (tertiary alicyclic amines) is 1. The van der Waals surface area contributed by atoms with Crippen LogP contribution >= 0.6 is 0 Å². The van der Waals surface area contributed by atoms with Crippen molar-refractivity contribution < 1.29 is 4.79 Å². The predicted octanol–water partition coefficient (Wildman–Crippen LogP) is 1.06. The molecule has 0 aromatic carbocycles. The Morgan fingerprint density at radius 2 is 2.12 bits per heavy atom. The van der Waals surface area contributed by atoms with E-state index in [9.17, 15) is 4.79 Å². The van der Waals surface area contributed by atoms with Gasteiger partial charge >= 0.3 is 0 Å². The molecule has 0 aliphatic carbocycles. The molecule has 1 heterocycles. The Bertz CT molecular complexity index is 241. The molecule has 0 radical (unpaired) electrons. The zero-order valence-corrected chi connectivity index (χ0v) is 11.5. The largest absolute Gasteiger partial charge is 0.339 e. The van der Waals surface area contributed by atoms with E-state index in [4.69, 9.17) is 5.73 Å². The molecule has 4 nitrogen and oxygen atoms in total. The number of nitrogens with zero attached hydrogens (tertiary/aromatic N) is 2. The first-order valence-corrected chi connectivity index (χ1v) is 6.88. The van der Waals surface area contributed by atoms with Crippen LogP contribution < -0.4 is 5.73 Å². The van der Waals surface area contributed by atoms with Crippen molar-refractivity contribution in [3.63, 3.8) is 0 Å². The molecule has 4 heteroatoms. The van der Waals surface area contributed by atoms with Gasteiger partial charge in [0.05, 0.1) is 6.04 Å². The topological polar surface area (TPSA) is 49.6 Å². The Kier molecular flexibility index (Phi) is 5.92. The van der Waals surface area contributed by atoms with Crippen molar-refractivity contribution in [1.82, 2.24) is 9.80 Å². The summed E-state index contributed by atoms with van der Waals surface area (Å²) in [7, 11) is 0. The van der Waals surface area contributed by atoms with Gasteiger partial charge in [0, 0.05) is 12.6 Å². The third kappa shape index (κ3) is 3.96. The van der Waals surface area contributed by atoms with Crippen LogP contribution in [-0.4, -0.2) is 54.0 Å². The molecule has 0 aromatic heterocycles. The van der Waals surface area contributed by atoms with Crippen LogP contribution in [0.2, 0.25) is 0 Å². The van der Waals surface area contributed by atoms with Gasteiger partial charge in [0.2, 0.25) is 5.91 Å². The number of hydrogen-bond acceptors (Lipinski definition) is 3. The van der Waals surface area contributed by atoms with Crippen molar-refractivity contribution in [2.75, 3.05) is 26.2 Å². The second kappa shape index (κ2) is 6.97. The lowest BCUT2D eigenvalue weighted by Gasteiger charge is -2.26. The number of hydrogen-bond donors (Lipinski definition) is 1. The van der Waals surface area contributed by atoms with E-state index in [2.05, 4.69) is 25.7 Å². The highest BCUT2D eigenvalue weighted by atomic mass is 16.2. The second-order valence-electron chi connectivity index (χ2n) is 4.94. The van der Waals surface area contributed by atoms with Crippen LogP contribution in [0.3, 0.4) is 0 Å². The summed E-state index contributed by atoms with van der Waals surface area (Å²) >= 11 is 0. The lowest BCUT2D eigenvalue weighted by molar-refractivity contribution is -0.130. The molecule has 1 saturated heterocycles. The zero-order chi connectivity index (χ0) is 12.8. The Morgan fingerprint density at radius 3 is 2.59 bits per heavy atom. The van der Waals surface area contributed by atoms with E-state index in [1.54, 1.807) is 0 Å². The predicted molar refractivity (Wildman–Crippen MR) is 70.8 cm³/mol. The van der Waals surface area contributed by atoms with Gasteiger partial charge in [-0.3, -0.25) is 4.79 Å². The summed E-state index contributed by atoms with van der Waals surface area (Å²) in [6.45, 7) is 10.7. The van der Waals surface area contributed by atoms with E-state index in [1.807, 2.05) is 4.90 Å². The highest BCUT2D eigenvalue weighted by molar-refractivity contribution is 5.83. The standard InChI is InChI=1S/C13H27N3O/c1-4-15(5-2)9-6-7-11(3)16-10-8-12(14)13(16)17/h11-12H,4-10,14H2,1-3H3. The molecular formula is C13H27N3O. The summed E-state index contributed by atoms with van der Waals surface area (Å²) in [5.74, 6) is 0.139. The van der Waals surface area contributed by atoms with Crippen LogP contribution in [0.1, 0.15) is 40.0 Å². The Balaban J connectivity index is 2.25. The first-order valence-electron chi connectivity index (χ1n) is 6.88. The number of amides is 1. The molecule has 0 aromatic rings. The number of rotatable bonds is 7. The van der Waals surface area contributed by atoms with Crippen molar-refractivity contribution in [1.29, 1.82) is 0 Å². The average molecular weight is 241 g/mol. The van der Waals surface area contributed by atoms with Crippen LogP contribution in [-0.2, 0) is 4.79 Å². The summed E-state index contributed by atoms with van der Waals surface area (Å²) in [5.41, 5.74) is 5.73. The van der Waals surface area contributed by atoms with Crippen LogP contribution in [0.15, 0.2) is 0 Å². The molecule has 2 atom stereocenters. The van der Waals surface area contributed by atoms with Crippen molar-refractivity contribution in [2.45, 2.75) is 52.1 Å². The molecule has 1 amide bonds. The molecule has 17 heavy (non-hydrogen) atoms. The maximum absolute atomic E-state index is 11.7. The van der Waals surface area contributed by atoms with Crippen molar-refractivity contribution in [3.05, 3.63) is 0 Å². The van der Waals surface area contributed by atoms with Gasteiger partial charge in [0.25, 0.3) is 0 Å². The lowest BCUT2D eigenvalue weighted by atomic mass is 10.1. The van der Waals surface area contributed by atoms with Gasteiger partial charge in [-0.2, -0.15) is 0 Å². The Labute approximate surface area is 105 Å². The van der Waals surface area contributed by atoms with E-state index in [1.165, 1.54) is 0 Å². The maximum Gasteiger partial charge on any atom is 0.239 e. The molecule has 0 spiro atoms. The summed E-state index contributed by atoms with van der Waals surface area (Å²) in [6.07, 6.45) is 3.05. The van der Waals surface area contributed by atoms with Gasteiger partial charge in [0.15, 0.2) is 0 Å². The summed E-state index contributed by atoms with van der Waals surface area (Å²) in [6, 6.07) is 0.0897. The van der Waals surface area contributed by atoms with Gasteiger partial charge in [0.1, 0.15) is 0 Å². The van der Waals surface area contributed by atoms with Gasteiger partial charge in [-0.15, -0.1) is 0 Å². The minimum absolute atomic E-state index is 0.139. The van der Waals surface area contributed by atoms with E-state index >= 15 is 0 Å². The fourth-order valence-corrected chi connectivity index (χ4v) is 2.47. The van der Waals surface area contributed by atoms with E-state index in [-0.39, 0.29) is 11.9 Å². The third-order valence-corrected chi connectivity index (χ3v) is 3.80. The van der Waals surface area contributed by atoms with Crippen molar-refractivity contribution in [3.8, 4) is 0 Å². The fraction of sp³-hybridized carbons (Fsp3) is 0.923. The number of carbonyl (C=O) groups excluding carboxylic acids is 1. The summed E-state index contributed by atoms with van der Waals surface area (Å²) in [4.78, 5) is 16.1. The third-order valence-electron chi connectivity index (χ3n) is 3.80. The molecule has 100 valence electrons. The summed E-state index contributed by atoms with van der Waals surface area (Å²) < 4.78 is 0. The Hall–Kier alpha value is -0.610. The number of carbonyl (C=O) groups is 1. The van der Waals surface area contributed by atoms with Crippen molar-refractivity contribution in [2.24, 2.45) is 5.73 Å². The molecule has 0 bridgehead atoms. The lowest BCUT2D eigenvalue weighted by Crippen LogP contribution is -2.39. The normalized spacial score (nSPS) is 22.5. The van der Waals surface area contributed by atoms with Crippen LogP contribution in [0.4, 0.5) is 0 Å². The van der Waals surface area contributed by atoms with Crippen molar-refractivity contribution >= 4 is 5.91 Å². The maximum atomic E-state index is 11.7. The molecular weight excluding hydrogens is 214 g/mol. The van der Waals surface area contributed by atoms with E-state index < -0.39 is 0 Å². The first kappa shape index (κ1) is 14.5. The minimum atomic E-state index is -0.250. The molecule has 1 aliphatic heterocycles. The fourth-order valence-electron chi connectivity index (χ4n) is 2.47. The summed E-state index contributed by atoms with van der Waals surface area (Å²) in [5, 5.41) is 0. The molecule has 2 N–H and O–H groups in total. The molecule has 0 saturated carbocycles. The molecule has 1 rings (SSSR count). The molecule has 1 fully saturated rings. The quantitative estimate of drug-likeness (QED) is 0.725. The van der Waals surface area contributed by atoms with Gasteiger partial charge < -0.3 is 15.5 Å². The molecule has 2 unspecified atom stereocenters. The van der Waals surface area contributed by atoms with Crippen LogP contribution in [0.5, 0.6) is 0 Å². The first-order chi connectivity index (χ1) is 8.10. The van der Waals surface area contributed by atoms with Gasteiger partial charge in [-0.05, 0) is 45.8 Å². The average Bonchev–Trinajstić information content (AvgIpc) is 2.65. The highest BCUT2D eigenvalue weighted by Crippen LogP contribution is 2.16. The highest BCUT2D eigenvalue weighted by Gasteiger charge is 2.31. The van der Waals surface area contributed by atoms with E-state index in [0.717, 1.165) is 45.4 Å². The Morgan fingerprint density at radius 1 is 1.47 bits per heavy atom. The smallest absolute Gasteiger partial charge is 0.239 e. The SMILES string of the molecule is CCN(CC)CCCC(C)N1CCC(N)C1=O. The van der Waals surface area contributed by atoms with Gasteiger partial charge in [-0.1, -0.05) is 13.8 Å². The van der Waals surface area contributed by atoms with E-state index in [0.29, 0.717) is 6.04 Å². The van der Waals surface area contributed by atoms with Gasteiger partial charge in [-0.25, -0.2) is 0 Å². The molecule has 1 aliphatic rings. The monoisotopic (exact) mass is 241 g/mol. The minimum Gasteiger partial charge on any atom is -0.339 e. The second-order valence-corrected chi connectivity index (χ2v) is 4.94. The van der Waals surface area contributed by atoms with Crippen LogP contribution in [0.25, 0.3) is 0 Å². The number of nitrogens with two attached hydrogens (primary N) is 1.